The molecule has 2 heterocycles. The lowest BCUT2D eigenvalue weighted by Gasteiger charge is -2.20. The molecule has 0 fully saturated rings. The second-order valence-electron chi connectivity index (χ2n) is 7.77. The molecule has 2 amide bonds. The average molecular weight is 457 g/mol. The number of carbonyl (C=O) groups is 2. The van der Waals surface area contributed by atoms with Gasteiger partial charge in [0, 0.05) is 23.9 Å². The van der Waals surface area contributed by atoms with Crippen molar-refractivity contribution in [2.24, 2.45) is 0 Å². The van der Waals surface area contributed by atoms with Gasteiger partial charge in [0.05, 0.1) is 16.2 Å². The Morgan fingerprint density at radius 2 is 1.62 bits per heavy atom. The van der Waals surface area contributed by atoms with Crippen LogP contribution in [0.3, 0.4) is 0 Å². The molecule has 5 rings (SSSR count). The summed E-state index contributed by atoms with van der Waals surface area (Å²) in [6.07, 6.45) is 0. The number of rotatable bonds is 5. The molecule has 3 aromatic rings. The van der Waals surface area contributed by atoms with Crippen LogP contribution in [-0.4, -0.2) is 30.0 Å². The Kier molecular flexibility index (Phi) is 5.21. The smallest absolute Gasteiger partial charge is 0.282 e. The molecule has 9 nitrogen and oxygen atoms in total. The zero-order valence-electron chi connectivity index (χ0n) is 18.1. The van der Waals surface area contributed by atoms with Crippen molar-refractivity contribution in [1.29, 1.82) is 0 Å². The van der Waals surface area contributed by atoms with E-state index in [4.69, 9.17) is 9.47 Å². The molecular formula is C25H19N3O6. The molecule has 0 aromatic heterocycles. The number of nitro groups is 1. The first-order valence-electron chi connectivity index (χ1n) is 10.5. The predicted octanol–water partition coefficient (Wildman–Crippen LogP) is 4.07. The van der Waals surface area contributed by atoms with Crippen molar-refractivity contribution in [1.82, 2.24) is 0 Å². The summed E-state index contributed by atoms with van der Waals surface area (Å²) in [7, 11) is 0. The molecule has 9 heteroatoms. The largest absolute Gasteiger partial charge is 0.486 e. The van der Waals surface area contributed by atoms with Crippen LogP contribution >= 0.6 is 0 Å². The Labute approximate surface area is 194 Å². The van der Waals surface area contributed by atoms with Gasteiger partial charge >= 0.3 is 0 Å². The standard InChI is InChI=1S/C25H19N3O6/c1-15-4-2-3-5-19(15)27-24(29)22(16-6-9-18(10-7-16)28(31)32)23(25(27)30)26-17-8-11-20-21(14-17)34-13-12-33-20/h2-11,14,26H,12-13H2,1H3. The first kappa shape index (κ1) is 21.2. The first-order valence-corrected chi connectivity index (χ1v) is 10.5. The fourth-order valence-corrected chi connectivity index (χ4v) is 3.96. The molecule has 34 heavy (non-hydrogen) atoms. The Balaban J connectivity index is 1.60. The van der Waals surface area contributed by atoms with E-state index in [1.54, 1.807) is 30.3 Å². The first-order chi connectivity index (χ1) is 16.4. The zero-order chi connectivity index (χ0) is 23.8. The normalized spacial score (nSPS) is 15.0. The maximum Gasteiger partial charge on any atom is 0.282 e. The number of aryl methyl sites for hydroxylation is 1. The van der Waals surface area contributed by atoms with Gasteiger partial charge in [-0.25, -0.2) is 4.90 Å². The summed E-state index contributed by atoms with van der Waals surface area (Å²) in [6.45, 7) is 2.67. The topological polar surface area (TPSA) is 111 Å². The summed E-state index contributed by atoms with van der Waals surface area (Å²) in [6, 6.07) is 17.8. The predicted molar refractivity (Wildman–Crippen MR) is 125 cm³/mol. The van der Waals surface area contributed by atoms with Crippen LogP contribution in [-0.2, 0) is 9.59 Å². The summed E-state index contributed by atoms with van der Waals surface area (Å²) in [5.41, 5.74) is 2.23. The molecule has 2 aliphatic heterocycles. The van der Waals surface area contributed by atoms with Crippen molar-refractivity contribution < 1.29 is 24.0 Å². The highest BCUT2D eigenvalue weighted by atomic mass is 16.6. The molecule has 0 atom stereocenters. The average Bonchev–Trinajstić information content (AvgIpc) is 3.08. The Morgan fingerprint density at radius 3 is 2.32 bits per heavy atom. The number of hydrogen-bond donors (Lipinski definition) is 1. The molecule has 2 aliphatic rings. The van der Waals surface area contributed by atoms with Gasteiger partial charge in [-0.3, -0.25) is 19.7 Å². The van der Waals surface area contributed by atoms with E-state index in [0.717, 1.165) is 10.5 Å². The summed E-state index contributed by atoms with van der Waals surface area (Å²) in [4.78, 5) is 38.8. The minimum absolute atomic E-state index is 0.0683. The molecule has 0 aliphatic carbocycles. The third-order valence-electron chi connectivity index (χ3n) is 5.62. The Morgan fingerprint density at radius 1 is 0.912 bits per heavy atom. The van der Waals surface area contributed by atoms with Gasteiger partial charge in [0.25, 0.3) is 17.5 Å². The van der Waals surface area contributed by atoms with E-state index in [1.807, 2.05) is 19.1 Å². The van der Waals surface area contributed by atoms with Crippen LogP contribution in [0.15, 0.2) is 72.4 Å². The number of hydrogen-bond acceptors (Lipinski definition) is 7. The van der Waals surface area contributed by atoms with Gasteiger partial charge in [-0.2, -0.15) is 0 Å². The molecule has 0 spiro atoms. The number of amides is 2. The lowest BCUT2D eigenvalue weighted by Crippen LogP contribution is -2.33. The van der Waals surface area contributed by atoms with Gasteiger partial charge in [0.1, 0.15) is 18.9 Å². The van der Waals surface area contributed by atoms with Crippen molar-refractivity contribution in [2.75, 3.05) is 23.4 Å². The minimum atomic E-state index is -0.525. The van der Waals surface area contributed by atoms with Crippen LogP contribution in [0.5, 0.6) is 11.5 Å². The molecule has 0 radical (unpaired) electrons. The third kappa shape index (κ3) is 3.62. The Hall–Kier alpha value is -4.66. The SMILES string of the molecule is Cc1ccccc1N1C(=O)C(Nc2ccc3c(c2)OCCO3)=C(c2ccc([N+](=O)[O-])cc2)C1=O. The maximum absolute atomic E-state index is 13.5. The molecule has 1 N–H and O–H groups in total. The quantitative estimate of drug-likeness (QED) is 0.349. The number of non-ortho nitro benzene ring substituents is 1. The van der Waals surface area contributed by atoms with Gasteiger partial charge in [0.15, 0.2) is 11.5 Å². The summed E-state index contributed by atoms with van der Waals surface area (Å²) in [5.74, 6) is 0.0775. The number of imide groups is 1. The summed E-state index contributed by atoms with van der Waals surface area (Å²) >= 11 is 0. The highest BCUT2D eigenvalue weighted by Crippen LogP contribution is 2.37. The van der Waals surface area contributed by atoms with Crippen LogP contribution in [0, 0.1) is 17.0 Å². The van der Waals surface area contributed by atoms with Crippen molar-refractivity contribution in [2.45, 2.75) is 6.92 Å². The van der Waals surface area contributed by atoms with Crippen LogP contribution < -0.4 is 19.7 Å². The van der Waals surface area contributed by atoms with Crippen molar-refractivity contribution in [3.05, 3.63) is 93.7 Å². The Bertz CT molecular complexity index is 1360. The number of fused-ring (bicyclic) bond motifs is 1. The second kappa shape index (κ2) is 8.36. The zero-order valence-corrected chi connectivity index (χ0v) is 18.1. The highest BCUT2D eigenvalue weighted by Gasteiger charge is 2.41. The molecule has 170 valence electrons. The lowest BCUT2D eigenvalue weighted by molar-refractivity contribution is -0.384. The number of nitro benzene ring substituents is 1. The van der Waals surface area contributed by atoms with E-state index in [1.165, 1.54) is 24.3 Å². The van der Waals surface area contributed by atoms with Crippen LogP contribution in [0.1, 0.15) is 11.1 Å². The van der Waals surface area contributed by atoms with Crippen molar-refractivity contribution in [3.63, 3.8) is 0 Å². The molecular weight excluding hydrogens is 438 g/mol. The highest BCUT2D eigenvalue weighted by molar-refractivity contribution is 6.46. The van der Waals surface area contributed by atoms with E-state index >= 15 is 0 Å². The molecule has 0 bridgehead atoms. The monoisotopic (exact) mass is 457 g/mol. The third-order valence-corrected chi connectivity index (χ3v) is 5.62. The minimum Gasteiger partial charge on any atom is -0.486 e. The number of nitrogens with one attached hydrogen (secondary N) is 1. The number of benzene rings is 3. The van der Waals surface area contributed by atoms with E-state index in [9.17, 15) is 19.7 Å². The number of anilines is 2. The summed E-state index contributed by atoms with van der Waals surface area (Å²) < 4.78 is 11.2. The lowest BCUT2D eigenvalue weighted by atomic mass is 10.0. The van der Waals surface area contributed by atoms with Crippen LogP contribution in [0.25, 0.3) is 5.57 Å². The fourth-order valence-electron chi connectivity index (χ4n) is 3.96. The van der Waals surface area contributed by atoms with Gasteiger partial charge in [-0.15, -0.1) is 0 Å². The number of ether oxygens (including phenoxy) is 2. The molecule has 0 saturated heterocycles. The van der Waals surface area contributed by atoms with E-state index in [2.05, 4.69) is 5.32 Å². The van der Waals surface area contributed by atoms with Crippen molar-refractivity contribution >= 4 is 34.4 Å². The van der Waals surface area contributed by atoms with E-state index in [0.29, 0.717) is 41.7 Å². The van der Waals surface area contributed by atoms with E-state index in [-0.39, 0.29) is 17.0 Å². The molecule has 3 aromatic carbocycles. The van der Waals surface area contributed by atoms with Gasteiger partial charge < -0.3 is 14.8 Å². The molecule has 0 unspecified atom stereocenters. The number of carbonyl (C=O) groups excluding carboxylic acids is 2. The van der Waals surface area contributed by atoms with Crippen LogP contribution in [0.2, 0.25) is 0 Å². The number of nitrogens with zero attached hydrogens (tertiary/aromatic N) is 2. The van der Waals surface area contributed by atoms with E-state index < -0.39 is 16.7 Å². The van der Waals surface area contributed by atoms with Gasteiger partial charge in [-0.1, -0.05) is 18.2 Å². The van der Waals surface area contributed by atoms with Crippen molar-refractivity contribution in [3.8, 4) is 11.5 Å². The number of para-hydroxylation sites is 1. The van der Waals surface area contributed by atoms with Gasteiger partial charge in [0.2, 0.25) is 0 Å². The van der Waals surface area contributed by atoms with Gasteiger partial charge in [-0.05, 0) is 48.4 Å². The summed E-state index contributed by atoms with van der Waals surface area (Å²) in [5, 5.41) is 14.2. The maximum atomic E-state index is 13.5. The fraction of sp³-hybridized carbons (Fsp3) is 0.120. The molecule has 0 saturated carbocycles. The van der Waals surface area contributed by atoms with Crippen LogP contribution in [0.4, 0.5) is 17.1 Å². The second-order valence-corrected chi connectivity index (χ2v) is 7.77.